The summed E-state index contributed by atoms with van der Waals surface area (Å²) in [6.07, 6.45) is 5.40. The Morgan fingerprint density at radius 1 is 1.06 bits per heavy atom. The molecule has 0 amide bonds. The van der Waals surface area contributed by atoms with E-state index in [-0.39, 0.29) is 0 Å². The van der Waals surface area contributed by atoms with Gasteiger partial charge in [-0.25, -0.2) is 0 Å². The highest BCUT2D eigenvalue weighted by Crippen LogP contribution is 2.28. The molecule has 2 heteroatoms. The molecule has 0 aromatic heterocycles. The first kappa shape index (κ1) is 12.3. The fraction of sp³-hybridized carbons (Fsp3) is 0.600. The highest BCUT2D eigenvalue weighted by Gasteiger charge is 2.12. The van der Waals surface area contributed by atoms with Gasteiger partial charge in [-0.1, -0.05) is 26.7 Å². The molecule has 17 heavy (non-hydrogen) atoms. The fourth-order valence-electron chi connectivity index (χ4n) is 2.59. The molecule has 1 saturated heterocycles. The molecule has 1 aliphatic heterocycles. The van der Waals surface area contributed by atoms with E-state index in [1.807, 2.05) is 0 Å². The average Bonchev–Trinajstić information content (AvgIpc) is 2.58. The van der Waals surface area contributed by atoms with Gasteiger partial charge in [0.25, 0.3) is 0 Å². The summed E-state index contributed by atoms with van der Waals surface area (Å²) in [6, 6.07) is 6.52. The first-order chi connectivity index (χ1) is 8.18. The molecular weight excluding hydrogens is 208 g/mol. The summed E-state index contributed by atoms with van der Waals surface area (Å²) in [5, 5.41) is 0. The van der Waals surface area contributed by atoms with Crippen LogP contribution >= 0.6 is 0 Å². The molecule has 1 fully saturated rings. The molecule has 2 N–H and O–H groups in total. The predicted molar refractivity (Wildman–Crippen MR) is 75.6 cm³/mol. The number of nitrogen functional groups attached to an aromatic ring is 1. The van der Waals surface area contributed by atoms with Crippen LogP contribution in [0.5, 0.6) is 0 Å². The van der Waals surface area contributed by atoms with Crippen molar-refractivity contribution in [3.05, 3.63) is 23.8 Å². The summed E-state index contributed by atoms with van der Waals surface area (Å²) in [6.45, 7) is 6.80. The molecule has 94 valence electrons. The third kappa shape index (κ3) is 2.93. The molecule has 0 unspecified atom stereocenters. The van der Waals surface area contributed by atoms with Crippen molar-refractivity contribution in [2.75, 3.05) is 23.7 Å². The van der Waals surface area contributed by atoms with E-state index in [0.717, 1.165) is 5.69 Å². The number of hydrogen-bond acceptors (Lipinski definition) is 2. The minimum absolute atomic E-state index is 0.502. The van der Waals surface area contributed by atoms with E-state index in [9.17, 15) is 0 Å². The second kappa shape index (κ2) is 5.44. The van der Waals surface area contributed by atoms with Crippen molar-refractivity contribution >= 4 is 11.4 Å². The number of rotatable bonds is 2. The van der Waals surface area contributed by atoms with Crippen LogP contribution < -0.4 is 10.6 Å². The van der Waals surface area contributed by atoms with Crippen LogP contribution in [0.15, 0.2) is 18.2 Å². The number of anilines is 2. The van der Waals surface area contributed by atoms with Crippen LogP contribution in [0.2, 0.25) is 0 Å². The topological polar surface area (TPSA) is 29.3 Å². The van der Waals surface area contributed by atoms with Gasteiger partial charge in [0, 0.05) is 24.5 Å². The van der Waals surface area contributed by atoms with E-state index in [0.29, 0.717) is 5.92 Å². The van der Waals surface area contributed by atoms with E-state index in [4.69, 9.17) is 5.73 Å². The van der Waals surface area contributed by atoms with Gasteiger partial charge in [-0.15, -0.1) is 0 Å². The third-order valence-electron chi connectivity index (χ3n) is 3.66. The van der Waals surface area contributed by atoms with Crippen molar-refractivity contribution in [3.8, 4) is 0 Å². The minimum atomic E-state index is 0.502. The Kier molecular flexibility index (Phi) is 3.93. The monoisotopic (exact) mass is 232 g/mol. The van der Waals surface area contributed by atoms with Crippen molar-refractivity contribution in [1.82, 2.24) is 0 Å². The third-order valence-corrected chi connectivity index (χ3v) is 3.66. The summed E-state index contributed by atoms with van der Waals surface area (Å²) in [5.74, 6) is 0.502. The summed E-state index contributed by atoms with van der Waals surface area (Å²) >= 11 is 0. The minimum Gasteiger partial charge on any atom is -0.398 e. The van der Waals surface area contributed by atoms with Crippen molar-refractivity contribution in [2.45, 2.75) is 45.4 Å². The second-order valence-corrected chi connectivity index (χ2v) is 5.37. The van der Waals surface area contributed by atoms with Crippen LogP contribution in [0.1, 0.15) is 51.0 Å². The van der Waals surface area contributed by atoms with Crippen molar-refractivity contribution in [3.63, 3.8) is 0 Å². The van der Waals surface area contributed by atoms with Gasteiger partial charge in [-0.2, -0.15) is 0 Å². The molecule has 2 nitrogen and oxygen atoms in total. The van der Waals surface area contributed by atoms with Gasteiger partial charge >= 0.3 is 0 Å². The van der Waals surface area contributed by atoms with Crippen LogP contribution in [0.3, 0.4) is 0 Å². The Bertz CT molecular complexity index is 363. The van der Waals surface area contributed by atoms with Crippen LogP contribution in [0.25, 0.3) is 0 Å². The molecule has 0 radical (unpaired) electrons. The zero-order chi connectivity index (χ0) is 12.3. The Balaban J connectivity index is 2.22. The zero-order valence-corrected chi connectivity index (χ0v) is 11.1. The average molecular weight is 232 g/mol. The van der Waals surface area contributed by atoms with Gasteiger partial charge < -0.3 is 10.6 Å². The van der Waals surface area contributed by atoms with Gasteiger partial charge in [0.1, 0.15) is 0 Å². The lowest BCUT2D eigenvalue weighted by molar-refractivity contribution is 0.726. The normalized spacial score (nSPS) is 17.2. The Morgan fingerprint density at radius 2 is 1.71 bits per heavy atom. The molecule has 0 spiro atoms. The molecule has 1 aromatic carbocycles. The summed E-state index contributed by atoms with van der Waals surface area (Å²) < 4.78 is 0. The lowest BCUT2D eigenvalue weighted by Crippen LogP contribution is -2.24. The first-order valence-corrected chi connectivity index (χ1v) is 6.83. The van der Waals surface area contributed by atoms with Gasteiger partial charge in [-0.3, -0.25) is 0 Å². The maximum Gasteiger partial charge on any atom is 0.0370 e. The van der Waals surface area contributed by atoms with E-state index < -0.39 is 0 Å². The fourth-order valence-corrected chi connectivity index (χ4v) is 2.59. The molecular formula is C15H24N2. The standard InChI is InChI=1S/C15H24N2/c1-12(2)14-11-13(7-8-15(14)16)17-9-5-3-4-6-10-17/h7-8,11-12H,3-6,9-10,16H2,1-2H3. The lowest BCUT2D eigenvalue weighted by Gasteiger charge is -2.24. The number of hydrogen-bond donors (Lipinski definition) is 1. The quantitative estimate of drug-likeness (QED) is 0.786. The molecule has 0 saturated carbocycles. The zero-order valence-electron chi connectivity index (χ0n) is 11.1. The van der Waals surface area contributed by atoms with Gasteiger partial charge in [0.15, 0.2) is 0 Å². The number of benzene rings is 1. The smallest absolute Gasteiger partial charge is 0.0370 e. The molecule has 0 atom stereocenters. The molecule has 1 aliphatic rings. The Morgan fingerprint density at radius 3 is 2.29 bits per heavy atom. The predicted octanol–water partition coefficient (Wildman–Crippen LogP) is 3.77. The largest absolute Gasteiger partial charge is 0.398 e. The van der Waals surface area contributed by atoms with Crippen LogP contribution in [0.4, 0.5) is 11.4 Å². The Labute approximate surface area is 105 Å². The number of nitrogens with two attached hydrogens (primary N) is 1. The van der Waals surface area contributed by atoms with Crippen molar-refractivity contribution in [2.24, 2.45) is 0 Å². The maximum atomic E-state index is 6.03. The van der Waals surface area contributed by atoms with Gasteiger partial charge in [0.2, 0.25) is 0 Å². The SMILES string of the molecule is CC(C)c1cc(N2CCCCCC2)ccc1N. The highest BCUT2D eigenvalue weighted by molar-refractivity contribution is 5.59. The molecule has 2 rings (SSSR count). The molecule has 1 heterocycles. The van der Waals surface area contributed by atoms with Crippen LogP contribution in [-0.2, 0) is 0 Å². The first-order valence-electron chi connectivity index (χ1n) is 6.83. The van der Waals surface area contributed by atoms with E-state index in [1.54, 1.807) is 0 Å². The maximum absolute atomic E-state index is 6.03. The molecule has 1 aromatic rings. The van der Waals surface area contributed by atoms with E-state index in [1.165, 1.54) is 50.0 Å². The lowest BCUT2D eigenvalue weighted by atomic mass is 10.0. The molecule has 0 aliphatic carbocycles. The van der Waals surface area contributed by atoms with E-state index in [2.05, 4.69) is 36.9 Å². The van der Waals surface area contributed by atoms with Gasteiger partial charge in [-0.05, 0) is 42.5 Å². The second-order valence-electron chi connectivity index (χ2n) is 5.37. The highest BCUT2D eigenvalue weighted by atomic mass is 15.1. The Hall–Kier alpha value is -1.18. The van der Waals surface area contributed by atoms with Crippen LogP contribution in [0, 0.1) is 0 Å². The summed E-state index contributed by atoms with van der Waals surface area (Å²) in [5.41, 5.74) is 9.60. The number of nitrogens with zero attached hydrogens (tertiary/aromatic N) is 1. The van der Waals surface area contributed by atoms with Gasteiger partial charge in [0.05, 0.1) is 0 Å². The van der Waals surface area contributed by atoms with Crippen molar-refractivity contribution in [1.29, 1.82) is 0 Å². The van der Waals surface area contributed by atoms with E-state index >= 15 is 0 Å². The summed E-state index contributed by atoms with van der Waals surface area (Å²) in [4.78, 5) is 2.51. The van der Waals surface area contributed by atoms with Crippen LogP contribution in [-0.4, -0.2) is 13.1 Å². The van der Waals surface area contributed by atoms with Crippen molar-refractivity contribution < 1.29 is 0 Å². The summed E-state index contributed by atoms with van der Waals surface area (Å²) in [7, 11) is 0. The molecule has 0 bridgehead atoms.